The number of ether oxygens (including phenoxy) is 1. The van der Waals surface area contributed by atoms with Crippen LogP contribution in [0.4, 0.5) is 10.1 Å². The third kappa shape index (κ3) is 3.38. The van der Waals surface area contributed by atoms with Crippen LogP contribution in [0, 0.1) is 5.82 Å². The largest absolute Gasteiger partial charge is 0.501 e. The molecule has 2 aliphatic heterocycles. The maximum atomic E-state index is 14.1. The number of benzene rings is 1. The highest BCUT2D eigenvalue weighted by molar-refractivity contribution is 5.99. The summed E-state index contributed by atoms with van der Waals surface area (Å²) in [6, 6.07) is 3.81. The molecule has 1 aliphatic carbocycles. The van der Waals surface area contributed by atoms with Crippen molar-refractivity contribution in [2.24, 2.45) is 5.73 Å². The van der Waals surface area contributed by atoms with Crippen molar-refractivity contribution in [1.82, 2.24) is 14.9 Å². The van der Waals surface area contributed by atoms with Crippen molar-refractivity contribution in [2.75, 3.05) is 11.5 Å². The molecule has 2 atom stereocenters. The van der Waals surface area contributed by atoms with E-state index in [1.165, 1.54) is 22.8 Å². The average Bonchev–Trinajstić information content (AvgIpc) is 3.31. The quantitative estimate of drug-likeness (QED) is 0.601. The molecule has 2 fully saturated rings. The molecule has 1 saturated carbocycles. The van der Waals surface area contributed by atoms with Crippen LogP contribution in [0.25, 0.3) is 0 Å². The molecule has 1 spiro atoms. The van der Waals surface area contributed by atoms with Gasteiger partial charge in [-0.25, -0.2) is 9.37 Å². The lowest BCUT2D eigenvalue weighted by Crippen LogP contribution is -2.42. The highest BCUT2D eigenvalue weighted by Gasteiger charge is 2.61. The Morgan fingerprint density at radius 1 is 1.38 bits per heavy atom. The van der Waals surface area contributed by atoms with Gasteiger partial charge in [0.25, 0.3) is 11.5 Å². The Bertz CT molecular complexity index is 1280. The van der Waals surface area contributed by atoms with Gasteiger partial charge >= 0.3 is 0 Å². The second-order valence-corrected chi connectivity index (χ2v) is 9.55. The van der Waals surface area contributed by atoms with Crippen molar-refractivity contribution in [1.29, 1.82) is 0 Å². The predicted octanol–water partition coefficient (Wildman–Crippen LogP) is 0.880. The first kappa shape index (κ1) is 22.5. The summed E-state index contributed by atoms with van der Waals surface area (Å²) < 4.78 is 21.1. The molecule has 4 N–H and O–H groups in total. The molecule has 0 bridgehead atoms. The molecule has 3 aliphatic rings. The maximum Gasteiger partial charge on any atom is 0.296 e. The summed E-state index contributed by atoms with van der Waals surface area (Å²) in [4.78, 5) is 44.0. The minimum atomic E-state index is -0.919. The number of hydrogen-bond donors (Lipinski definition) is 3. The van der Waals surface area contributed by atoms with Gasteiger partial charge in [-0.15, -0.1) is 0 Å². The van der Waals surface area contributed by atoms with Crippen molar-refractivity contribution >= 4 is 17.5 Å². The topological polar surface area (TPSA) is 140 Å². The summed E-state index contributed by atoms with van der Waals surface area (Å²) in [6.45, 7) is 3.86. The standard InChI is InChI=1S/C23H26FN5O5/c1-22(2)21-27-17(18(31)20(33)28(21)7-8-34-22)19(32)26-11-12-3-4-13(24)9-14(12)29-16(30)5-6-23(29)10-15(23)25/h3-4,9,15,31H,5-8,10-11,25H2,1-2H3,(H,26,32)/t15-,23+/m1/s1. The fourth-order valence-electron chi connectivity index (χ4n) is 5.02. The number of fused-ring (bicyclic) bond motifs is 1. The summed E-state index contributed by atoms with van der Waals surface area (Å²) in [5.41, 5.74) is 4.40. The molecule has 1 aromatic carbocycles. The van der Waals surface area contributed by atoms with Crippen LogP contribution >= 0.6 is 0 Å². The molecule has 180 valence electrons. The minimum absolute atomic E-state index is 0.0804. The van der Waals surface area contributed by atoms with Crippen molar-refractivity contribution in [3.63, 3.8) is 0 Å². The molecule has 10 nitrogen and oxygen atoms in total. The Morgan fingerprint density at radius 2 is 2.12 bits per heavy atom. The van der Waals surface area contributed by atoms with Gasteiger partial charge < -0.3 is 25.8 Å². The molecule has 2 aromatic rings. The van der Waals surface area contributed by atoms with Crippen molar-refractivity contribution < 1.29 is 23.8 Å². The lowest BCUT2D eigenvalue weighted by molar-refractivity contribution is -0.117. The number of carbonyl (C=O) groups excluding carboxylic acids is 2. The molecule has 5 rings (SSSR count). The summed E-state index contributed by atoms with van der Waals surface area (Å²) >= 11 is 0. The first-order valence-corrected chi connectivity index (χ1v) is 11.2. The van der Waals surface area contributed by atoms with E-state index in [9.17, 15) is 23.9 Å². The SMILES string of the molecule is CC1(C)OCCn2c1nc(C(=O)NCc1ccc(F)cc1N1C(=O)CC[C@@]13C[C@H]3N)c(O)c2=O. The molecule has 3 heterocycles. The van der Waals surface area contributed by atoms with Gasteiger partial charge in [0.2, 0.25) is 11.7 Å². The molecule has 0 radical (unpaired) electrons. The Kier molecular flexibility index (Phi) is 5.03. The summed E-state index contributed by atoms with van der Waals surface area (Å²) in [6.07, 6.45) is 1.56. The minimum Gasteiger partial charge on any atom is -0.501 e. The van der Waals surface area contributed by atoms with Gasteiger partial charge in [-0.2, -0.15) is 0 Å². The number of aromatic nitrogens is 2. The molecule has 2 amide bonds. The molecular formula is C23H26FN5O5. The second kappa shape index (κ2) is 7.60. The van der Waals surface area contributed by atoms with Crippen LogP contribution in [0.2, 0.25) is 0 Å². The average molecular weight is 471 g/mol. The van der Waals surface area contributed by atoms with Crippen molar-refractivity contribution in [2.45, 2.75) is 63.4 Å². The fraction of sp³-hybridized carbons (Fsp3) is 0.478. The van der Waals surface area contributed by atoms with Crippen LogP contribution in [0.15, 0.2) is 23.0 Å². The number of aromatic hydroxyl groups is 1. The van der Waals surface area contributed by atoms with Crippen LogP contribution in [0.5, 0.6) is 5.75 Å². The number of nitrogens with zero attached hydrogens (tertiary/aromatic N) is 3. The van der Waals surface area contributed by atoms with E-state index in [0.29, 0.717) is 30.5 Å². The number of carbonyl (C=O) groups is 2. The zero-order valence-corrected chi connectivity index (χ0v) is 18.9. The lowest BCUT2D eigenvalue weighted by atomic mass is 10.1. The molecule has 11 heteroatoms. The van der Waals surface area contributed by atoms with Gasteiger partial charge in [-0.3, -0.25) is 19.0 Å². The van der Waals surface area contributed by atoms with E-state index in [1.807, 2.05) is 0 Å². The summed E-state index contributed by atoms with van der Waals surface area (Å²) in [7, 11) is 0. The van der Waals surface area contributed by atoms with E-state index in [1.54, 1.807) is 18.7 Å². The molecule has 0 unspecified atom stereocenters. The van der Waals surface area contributed by atoms with E-state index < -0.39 is 39.9 Å². The van der Waals surface area contributed by atoms with Gasteiger partial charge in [-0.05, 0) is 44.4 Å². The van der Waals surface area contributed by atoms with Crippen LogP contribution in [-0.2, 0) is 28.2 Å². The lowest BCUT2D eigenvalue weighted by Gasteiger charge is -2.32. The molecule has 1 aromatic heterocycles. The third-order valence-electron chi connectivity index (χ3n) is 6.97. The Morgan fingerprint density at radius 3 is 2.82 bits per heavy atom. The highest BCUT2D eigenvalue weighted by Crippen LogP contribution is 2.51. The van der Waals surface area contributed by atoms with E-state index in [4.69, 9.17) is 10.5 Å². The Balaban J connectivity index is 1.44. The van der Waals surface area contributed by atoms with Crippen molar-refractivity contribution in [3.8, 4) is 5.75 Å². The second-order valence-electron chi connectivity index (χ2n) is 9.55. The Hall–Kier alpha value is -3.31. The van der Waals surface area contributed by atoms with Crippen LogP contribution in [0.3, 0.4) is 0 Å². The first-order valence-electron chi connectivity index (χ1n) is 11.2. The molecule has 34 heavy (non-hydrogen) atoms. The van der Waals surface area contributed by atoms with Crippen molar-refractivity contribution in [3.05, 3.63) is 51.5 Å². The van der Waals surface area contributed by atoms with Gasteiger partial charge in [0.05, 0.1) is 24.4 Å². The van der Waals surface area contributed by atoms with Crippen LogP contribution < -0.4 is 21.5 Å². The number of hydrogen-bond acceptors (Lipinski definition) is 7. The zero-order valence-electron chi connectivity index (χ0n) is 18.9. The van der Waals surface area contributed by atoms with E-state index in [-0.39, 0.29) is 37.5 Å². The van der Waals surface area contributed by atoms with Crippen LogP contribution in [0.1, 0.15) is 55.0 Å². The monoisotopic (exact) mass is 471 g/mol. The maximum absolute atomic E-state index is 14.1. The van der Waals surface area contributed by atoms with Gasteiger partial charge in [-0.1, -0.05) is 6.07 Å². The highest BCUT2D eigenvalue weighted by atomic mass is 19.1. The van der Waals surface area contributed by atoms with Gasteiger partial charge in [0.15, 0.2) is 5.69 Å². The summed E-state index contributed by atoms with van der Waals surface area (Å²) in [5.74, 6) is -1.95. The van der Waals surface area contributed by atoms with Crippen LogP contribution in [-0.4, -0.2) is 44.7 Å². The molecular weight excluding hydrogens is 445 g/mol. The summed E-state index contributed by atoms with van der Waals surface area (Å²) in [5, 5.41) is 13.0. The number of anilines is 1. The number of halogens is 1. The fourth-order valence-corrected chi connectivity index (χ4v) is 5.02. The molecule has 1 saturated heterocycles. The number of amides is 2. The number of rotatable bonds is 4. The zero-order chi connectivity index (χ0) is 24.4. The normalized spacial score (nSPS) is 24.9. The number of nitrogens with two attached hydrogens (primary N) is 1. The third-order valence-corrected chi connectivity index (χ3v) is 6.97. The Labute approximate surface area is 194 Å². The number of nitrogens with one attached hydrogen (secondary N) is 1. The van der Waals surface area contributed by atoms with Gasteiger partial charge in [0.1, 0.15) is 17.2 Å². The first-order chi connectivity index (χ1) is 16.0. The predicted molar refractivity (Wildman–Crippen MR) is 119 cm³/mol. The smallest absolute Gasteiger partial charge is 0.296 e. The van der Waals surface area contributed by atoms with E-state index >= 15 is 0 Å². The van der Waals surface area contributed by atoms with E-state index in [0.717, 1.165) is 0 Å². The van der Waals surface area contributed by atoms with E-state index in [2.05, 4.69) is 10.3 Å². The van der Waals surface area contributed by atoms with Gasteiger partial charge in [0, 0.05) is 19.0 Å².